The molecule has 0 aromatic carbocycles. The number of thioether (sulfide) groups is 1. The summed E-state index contributed by atoms with van der Waals surface area (Å²) in [6.45, 7) is 2.28. The van der Waals surface area contributed by atoms with Crippen LogP contribution in [0.1, 0.15) is 84.0 Å². The molecule has 0 nitrogen and oxygen atoms in total. The zero-order valence-electron chi connectivity index (χ0n) is 12.5. The molecule has 1 heteroatoms. The first-order chi connectivity index (χ1) is 8.91. The lowest BCUT2D eigenvalue weighted by molar-refractivity contribution is 0.610. The Morgan fingerprint density at radius 2 is 1.22 bits per heavy atom. The minimum atomic E-state index is 1.23. The Morgan fingerprint density at radius 1 is 0.722 bits per heavy atom. The van der Waals surface area contributed by atoms with Crippen LogP contribution < -0.4 is 0 Å². The van der Waals surface area contributed by atoms with Crippen LogP contribution in [0.3, 0.4) is 0 Å². The van der Waals surface area contributed by atoms with Crippen molar-refractivity contribution in [1.29, 1.82) is 0 Å². The lowest BCUT2D eigenvalue weighted by atomic mass is 10.1. The van der Waals surface area contributed by atoms with Crippen LogP contribution in [0.15, 0.2) is 12.2 Å². The second-order valence-electron chi connectivity index (χ2n) is 5.14. The molecule has 0 fully saturated rings. The Bertz CT molecular complexity index is 145. The largest absolute Gasteiger partial charge is 0.161 e. The number of allylic oxidation sites excluding steroid dienone is 2. The predicted molar refractivity (Wildman–Crippen MR) is 88.0 cm³/mol. The van der Waals surface area contributed by atoms with Gasteiger partial charge in [-0.2, -0.15) is 11.8 Å². The monoisotopic (exact) mass is 269 g/mol. The maximum Gasteiger partial charge on any atom is 0.00235 e. The van der Waals surface area contributed by atoms with Gasteiger partial charge in [-0.3, -0.25) is 0 Å². The average Bonchev–Trinajstić information content (AvgIpc) is 2.39. The summed E-state index contributed by atoms with van der Waals surface area (Å²) in [6.07, 6.45) is 25.1. The van der Waals surface area contributed by atoms with Crippen LogP contribution in [-0.4, -0.2) is 5.75 Å². The molecule has 0 saturated heterocycles. The molecule has 0 aliphatic carbocycles. The summed E-state index contributed by atoms with van der Waals surface area (Å²) in [5.41, 5.74) is 0. The van der Waals surface area contributed by atoms with E-state index >= 15 is 0 Å². The van der Waals surface area contributed by atoms with Gasteiger partial charge in [-0.15, -0.1) is 0 Å². The third-order valence-electron chi connectivity index (χ3n) is 3.30. The van der Waals surface area contributed by atoms with Crippen LogP contribution in [-0.2, 0) is 0 Å². The molecule has 0 spiro atoms. The van der Waals surface area contributed by atoms with Gasteiger partial charge in [0.05, 0.1) is 0 Å². The highest BCUT2D eigenvalue weighted by Crippen LogP contribution is 2.09. The molecule has 0 heterocycles. The third kappa shape index (κ3) is 16.1. The van der Waals surface area contributed by atoms with Crippen molar-refractivity contribution in [3.8, 4) is 0 Å². The molecule has 0 amide bonds. The summed E-state index contributed by atoms with van der Waals surface area (Å²) in [5, 5.41) is 0. The fourth-order valence-corrected chi connectivity index (χ4v) is 2.51. The summed E-state index contributed by atoms with van der Waals surface area (Å²) in [7, 11) is 0. The molecule has 0 N–H and O–H groups in total. The van der Waals surface area contributed by atoms with E-state index in [4.69, 9.17) is 0 Å². The van der Waals surface area contributed by atoms with E-state index < -0.39 is 0 Å². The van der Waals surface area contributed by atoms with Gasteiger partial charge < -0.3 is 0 Å². The molecular formula is C17H33S. The van der Waals surface area contributed by atoms with Gasteiger partial charge in [-0.25, -0.2) is 0 Å². The predicted octanol–water partition coefficient (Wildman–Crippen LogP) is 6.77. The van der Waals surface area contributed by atoms with E-state index in [2.05, 4.69) is 25.3 Å². The standard InChI is InChI=1S/C17H33S/c1-3-4-5-6-7-8-9-10-11-12-13-14-15-16-17-18-2/h10-11H,2-9,12-17H2,1H3/b11-10-. The van der Waals surface area contributed by atoms with E-state index in [0.29, 0.717) is 0 Å². The smallest absolute Gasteiger partial charge is 0.00235 e. The summed E-state index contributed by atoms with van der Waals surface area (Å²) in [6, 6.07) is 0. The zero-order valence-corrected chi connectivity index (χ0v) is 13.3. The first-order valence-corrected chi connectivity index (χ1v) is 9.09. The Balaban J connectivity index is 3.00. The number of rotatable bonds is 14. The Morgan fingerprint density at radius 3 is 1.78 bits per heavy atom. The number of hydrogen-bond donors (Lipinski definition) is 0. The molecule has 0 atom stereocenters. The van der Waals surface area contributed by atoms with Crippen LogP contribution in [0.2, 0.25) is 0 Å². The molecule has 1 radical (unpaired) electrons. The van der Waals surface area contributed by atoms with Crippen molar-refractivity contribution in [1.82, 2.24) is 0 Å². The van der Waals surface area contributed by atoms with Crippen molar-refractivity contribution in [2.45, 2.75) is 84.0 Å². The lowest BCUT2D eigenvalue weighted by Crippen LogP contribution is -1.80. The molecule has 0 bridgehead atoms. The molecule has 0 saturated carbocycles. The van der Waals surface area contributed by atoms with Gasteiger partial charge in [0, 0.05) is 6.26 Å². The number of hydrogen-bond acceptors (Lipinski definition) is 1. The van der Waals surface area contributed by atoms with E-state index in [0.717, 1.165) is 0 Å². The van der Waals surface area contributed by atoms with Crippen molar-refractivity contribution < 1.29 is 0 Å². The lowest BCUT2D eigenvalue weighted by Gasteiger charge is -1.98. The highest BCUT2D eigenvalue weighted by molar-refractivity contribution is 8.00. The quantitative estimate of drug-likeness (QED) is 0.248. The van der Waals surface area contributed by atoms with Crippen molar-refractivity contribution in [3.63, 3.8) is 0 Å². The van der Waals surface area contributed by atoms with Gasteiger partial charge in [0.2, 0.25) is 0 Å². The maximum absolute atomic E-state index is 3.79. The molecule has 107 valence electrons. The second-order valence-corrected chi connectivity index (χ2v) is 5.96. The van der Waals surface area contributed by atoms with Crippen molar-refractivity contribution in [2.24, 2.45) is 0 Å². The van der Waals surface area contributed by atoms with Gasteiger partial charge in [-0.05, 0) is 37.9 Å². The van der Waals surface area contributed by atoms with Gasteiger partial charge in [0.1, 0.15) is 0 Å². The van der Waals surface area contributed by atoms with E-state index in [1.807, 2.05) is 0 Å². The van der Waals surface area contributed by atoms with Gasteiger partial charge in [0.15, 0.2) is 0 Å². The Kier molecular flexibility index (Phi) is 17.2. The van der Waals surface area contributed by atoms with Gasteiger partial charge >= 0.3 is 0 Å². The van der Waals surface area contributed by atoms with Crippen LogP contribution >= 0.6 is 11.8 Å². The van der Waals surface area contributed by atoms with Crippen LogP contribution in [0.5, 0.6) is 0 Å². The molecule has 0 unspecified atom stereocenters. The van der Waals surface area contributed by atoms with Crippen LogP contribution in [0.4, 0.5) is 0 Å². The van der Waals surface area contributed by atoms with Crippen LogP contribution in [0.25, 0.3) is 0 Å². The molecule has 0 aromatic rings. The molecule has 18 heavy (non-hydrogen) atoms. The summed E-state index contributed by atoms with van der Waals surface area (Å²) in [4.78, 5) is 0. The van der Waals surface area contributed by atoms with Crippen molar-refractivity contribution >= 4 is 11.8 Å². The molecule has 0 rings (SSSR count). The van der Waals surface area contributed by atoms with E-state index in [-0.39, 0.29) is 0 Å². The van der Waals surface area contributed by atoms with E-state index in [1.54, 1.807) is 11.8 Å². The minimum Gasteiger partial charge on any atom is -0.161 e. The van der Waals surface area contributed by atoms with Crippen LogP contribution in [0, 0.1) is 6.26 Å². The van der Waals surface area contributed by atoms with E-state index in [1.165, 1.54) is 82.8 Å². The maximum atomic E-state index is 3.79. The normalized spacial score (nSPS) is 11.4. The Hall–Kier alpha value is 0.0900. The van der Waals surface area contributed by atoms with Gasteiger partial charge in [0.25, 0.3) is 0 Å². The fourth-order valence-electron chi connectivity index (χ4n) is 2.10. The minimum absolute atomic E-state index is 1.23. The fraction of sp³-hybridized carbons (Fsp3) is 0.824. The van der Waals surface area contributed by atoms with E-state index in [9.17, 15) is 0 Å². The average molecular weight is 270 g/mol. The van der Waals surface area contributed by atoms with Gasteiger partial charge in [-0.1, -0.05) is 64.0 Å². The molecule has 0 aliphatic rings. The number of unbranched alkanes of at least 4 members (excludes halogenated alkanes) is 10. The summed E-state index contributed by atoms with van der Waals surface area (Å²) < 4.78 is 0. The first-order valence-electron chi connectivity index (χ1n) is 7.93. The molecule has 0 aliphatic heterocycles. The zero-order chi connectivity index (χ0) is 13.3. The first kappa shape index (κ1) is 18.1. The summed E-state index contributed by atoms with van der Waals surface area (Å²) in [5.74, 6) is 1.23. The third-order valence-corrected chi connectivity index (χ3v) is 3.88. The summed E-state index contributed by atoms with van der Waals surface area (Å²) >= 11 is 1.72. The molecular weight excluding hydrogens is 236 g/mol. The molecule has 0 aromatic heterocycles. The highest BCUT2D eigenvalue weighted by Gasteiger charge is 1.89. The topological polar surface area (TPSA) is 0 Å². The van der Waals surface area contributed by atoms with Crippen molar-refractivity contribution in [2.75, 3.05) is 5.75 Å². The Labute approximate surface area is 120 Å². The second kappa shape index (κ2) is 17.1. The highest BCUT2D eigenvalue weighted by atomic mass is 32.2. The van der Waals surface area contributed by atoms with Crippen molar-refractivity contribution in [3.05, 3.63) is 18.4 Å². The SMILES string of the molecule is [CH2]SCCCCCC/C=C\CCCCCCCC.